The molecule has 3 aromatic rings. The largest absolute Gasteiger partial charge is 0.492 e. The summed E-state index contributed by atoms with van der Waals surface area (Å²) in [5.74, 6) is 0.798. The molecule has 4 rings (SSSR count). The molecule has 0 aliphatic carbocycles. The van der Waals surface area contributed by atoms with E-state index in [1.54, 1.807) is 11.3 Å². The molecule has 0 radical (unpaired) electrons. The number of ether oxygens (including phenoxy) is 2. The van der Waals surface area contributed by atoms with Gasteiger partial charge in [0.25, 0.3) is 0 Å². The molecule has 0 bridgehead atoms. The molecule has 7 heteroatoms. The van der Waals surface area contributed by atoms with Crippen molar-refractivity contribution < 1.29 is 14.3 Å². The molecule has 1 aliphatic rings. The number of thiazole rings is 1. The highest BCUT2D eigenvalue weighted by molar-refractivity contribution is 7.15. The number of amides is 1. The number of aryl methyl sites for hydroxylation is 1. The second-order valence-corrected chi connectivity index (χ2v) is 8.71. The lowest BCUT2D eigenvalue weighted by atomic mass is 10.1. The Kier molecular flexibility index (Phi) is 6.96. The van der Waals surface area contributed by atoms with Gasteiger partial charge in [-0.05, 0) is 55.5 Å². The highest BCUT2D eigenvalue weighted by atomic mass is 32.1. The molecule has 6 nitrogen and oxygen atoms in total. The minimum absolute atomic E-state index is 0.0753. The fourth-order valence-corrected chi connectivity index (χ4v) is 4.45. The van der Waals surface area contributed by atoms with E-state index in [1.807, 2.05) is 36.4 Å². The number of rotatable bonds is 7. The number of carbonyl (C=O) groups is 1. The minimum Gasteiger partial charge on any atom is -0.492 e. The van der Waals surface area contributed by atoms with Crippen molar-refractivity contribution in [2.24, 2.45) is 0 Å². The molecule has 162 valence electrons. The molecular weight excluding hydrogens is 410 g/mol. The van der Waals surface area contributed by atoms with Crippen LogP contribution >= 0.6 is 11.3 Å². The standard InChI is InChI=1S/C24H27N3O3S/c1-17-23(26-24(31-17)20-3-7-21(8-4-20)25-18(2)28)19-5-9-22(10-6-19)30-16-13-27-11-14-29-15-12-27/h3-10H,11-16H2,1-2H3,(H,25,28). The maximum Gasteiger partial charge on any atom is 0.221 e. The Hall–Kier alpha value is -2.74. The Morgan fingerprint density at radius 3 is 2.45 bits per heavy atom. The van der Waals surface area contributed by atoms with Crippen molar-refractivity contribution in [3.63, 3.8) is 0 Å². The minimum atomic E-state index is -0.0753. The summed E-state index contributed by atoms with van der Waals surface area (Å²) in [6.45, 7) is 8.76. The van der Waals surface area contributed by atoms with Gasteiger partial charge in [-0.2, -0.15) is 0 Å². The molecule has 2 heterocycles. The second kappa shape index (κ2) is 10.0. The summed E-state index contributed by atoms with van der Waals surface area (Å²) >= 11 is 1.67. The smallest absolute Gasteiger partial charge is 0.221 e. The summed E-state index contributed by atoms with van der Waals surface area (Å²) in [6, 6.07) is 15.9. The van der Waals surface area contributed by atoms with Gasteiger partial charge in [0, 0.05) is 48.2 Å². The number of anilines is 1. The van der Waals surface area contributed by atoms with Crippen LogP contribution in [0.1, 0.15) is 11.8 Å². The van der Waals surface area contributed by atoms with E-state index < -0.39 is 0 Å². The lowest BCUT2D eigenvalue weighted by Crippen LogP contribution is -2.38. The van der Waals surface area contributed by atoms with Crippen molar-refractivity contribution in [1.29, 1.82) is 0 Å². The van der Waals surface area contributed by atoms with Gasteiger partial charge in [0.05, 0.1) is 18.9 Å². The molecule has 1 aliphatic heterocycles. The van der Waals surface area contributed by atoms with Crippen LogP contribution in [0.25, 0.3) is 21.8 Å². The highest BCUT2D eigenvalue weighted by Gasteiger charge is 2.13. The van der Waals surface area contributed by atoms with E-state index in [2.05, 4.69) is 29.3 Å². The number of hydrogen-bond donors (Lipinski definition) is 1. The van der Waals surface area contributed by atoms with Gasteiger partial charge in [-0.1, -0.05) is 0 Å². The lowest BCUT2D eigenvalue weighted by molar-refractivity contribution is -0.114. The number of benzene rings is 2. The predicted molar refractivity (Wildman–Crippen MR) is 125 cm³/mol. The molecule has 0 spiro atoms. The van der Waals surface area contributed by atoms with Crippen molar-refractivity contribution in [2.75, 3.05) is 44.8 Å². The molecular formula is C24H27N3O3S. The van der Waals surface area contributed by atoms with Crippen LogP contribution in [0.4, 0.5) is 5.69 Å². The Balaban J connectivity index is 1.39. The molecule has 1 aromatic heterocycles. The fourth-order valence-electron chi connectivity index (χ4n) is 3.51. The summed E-state index contributed by atoms with van der Waals surface area (Å²) in [6.07, 6.45) is 0. The van der Waals surface area contributed by atoms with Crippen LogP contribution in [0.15, 0.2) is 48.5 Å². The van der Waals surface area contributed by atoms with Gasteiger partial charge in [-0.3, -0.25) is 9.69 Å². The number of hydrogen-bond acceptors (Lipinski definition) is 6. The SMILES string of the molecule is CC(=O)Nc1ccc(-c2nc(-c3ccc(OCCN4CCOCC4)cc3)c(C)s2)cc1. The van der Waals surface area contributed by atoms with Crippen molar-refractivity contribution in [3.8, 4) is 27.6 Å². The van der Waals surface area contributed by atoms with E-state index in [0.29, 0.717) is 6.61 Å². The Morgan fingerprint density at radius 1 is 1.10 bits per heavy atom. The number of morpholine rings is 1. The van der Waals surface area contributed by atoms with Crippen molar-refractivity contribution in [2.45, 2.75) is 13.8 Å². The molecule has 1 amide bonds. The first-order valence-electron chi connectivity index (χ1n) is 10.5. The Labute approximate surface area is 186 Å². The van der Waals surface area contributed by atoms with Crippen LogP contribution in [0.5, 0.6) is 5.75 Å². The van der Waals surface area contributed by atoms with Crippen LogP contribution in [-0.4, -0.2) is 55.2 Å². The molecule has 0 unspecified atom stereocenters. The van der Waals surface area contributed by atoms with E-state index in [0.717, 1.165) is 66.1 Å². The topological polar surface area (TPSA) is 63.7 Å². The summed E-state index contributed by atoms with van der Waals surface area (Å²) < 4.78 is 11.3. The number of carbonyl (C=O) groups excluding carboxylic acids is 1. The molecule has 1 N–H and O–H groups in total. The molecule has 0 saturated carbocycles. The Bertz CT molecular complexity index is 1010. The normalized spacial score (nSPS) is 14.4. The zero-order valence-corrected chi connectivity index (χ0v) is 18.7. The number of aromatic nitrogens is 1. The third-order valence-corrected chi connectivity index (χ3v) is 6.18. The number of nitrogens with one attached hydrogen (secondary N) is 1. The van der Waals surface area contributed by atoms with Gasteiger partial charge in [0.2, 0.25) is 5.91 Å². The van der Waals surface area contributed by atoms with Gasteiger partial charge in [-0.25, -0.2) is 4.98 Å². The van der Waals surface area contributed by atoms with E-state index in [4.69, 9.17) is 14.5 Å². The van der Waals surface area contributed by atoms with Crippen molar-refractivity contribution in [3.05, 3.63) is 53.4 Å². The van der Waals surface area contributed by atoms with Gasteiger partial charge in [0.1, 0.15) is 17.4 Å². The average molecular weight is 438 g/mol. The van der Waals surface area contributed by atoms with Crippen LogP contribution in [0.2, 0.25) is 0 Å². The quantitative estimate of drug-likeness (QED) is 0.591. The van der Waals surface area contributed by atoms with E-state index >= 15 is 0 Å². The fraction of sp³-hybridized carbons (Fsp3) is 0.333. The molecule has 1 fully saturated rings. The van der Waals surface area contributed by atoms with Crippen LogP contribution < -0.4 is 10.1 Å². The van der Waals surface area contributed by atoms with Crippen LogP contribution in [0, 0.1) is 6.92 Å². The second-order valence-electron chi connectivity index (χ2n) is 7.51. The summed E-state index contributed by atoms with van der Waals surface area (Å²) in [7, 11) is 0. The summed E-state index contributed by atoms with van der Waals surface area (Å²) in [5.41, 5.74) is 3.90. The van der Waals surface area contributed by atoms with E-state index in [9.17, 15) is 4.79 Å². The van der Waals surface area contributed by atoms with Gasteiger partial charge >= 0.3 is 0 Å². The first-order chi connectivity index (χ1) is 15.1. The third-order valence-electron chi connectivity index (χ3n) is 5.16. The first kappa shape index (κ1) is 21.5. The first-order valence-corrected chi connectivity index (χ1v) is 11.3. The van der Waals surface area contributed by atoms with Crippen molar-refractivity contribution >= 4 is 22.9 Å². The predicted octanol–water partition coefficient (Wildman–Crippen LogP) is 4.45. The highest BCUT2D eigenvalue weighted by Crippen LogP contribution is 2.34. The third kappa shape index (κ3) is 5.70. The van der Waals surface area contributed by atoms with Crippen LogP contribution in [-0.2, 0) is 9.53 Å². The summed E-state index contributed by atoms with van der Waals surface area (Å²) in [4.78, 5) is 19.6. The average Bonchev–Trinajstić information content (AvgIpc) is 3.17. The zero-order valence-electron chi connectivity index (χ0n) is 17.9. The van der Waals surface area contributed by atoms with Crippen LogP contribution in [0.3, 0.4) is 0 Å². The molecule has 1 saturated heterocycles. The summed E-state index contributed by atoms with van der Waals surface area (Å²) in [5, 5.41) is 3.75. The maximum atomic E-state index is 11.2. The van der Waals surface area contributed by atoms with Gasteiger partial charge in [-0.15, -0.1) is 11.3 Å². The van der Waals surface area contributed by atoms with Gasteiger partial charge < -0.3 is 14.8 Å². The van der Waals surface area contributed by atoms with E-state index in [1.165, 1.54) is 11.8 Å². The van der Waals surface area contributed by atoms with Crippen molar-refractivity contribution in [1.82, 2.24) is 9.88 Å². The number of nitrogens with zero attached hydrogens (tertiary/aromatic N) is 2. The monoisotopic (exact) mass is 437 g/mol. The Morgan fingerprint density at radius 2 is 1.77 bits per heavy atom. The zero-order chi connectivity index (χ0) is 21.6. The molecule has 0 atom stereocenters. The van der Waals surface area contributed by atoms with E-state index in [-0.39, 0.29) is 5.91 Å². The molecule has 2 aromatic carbocycles. The lowest BCUT2D eigenvalue weighted by Gasteiger charge is -2.26. The molecule has 31 heavy (non-hydrogen) atoms. The maximum absolute atomic E-state index is 11.2. The van der Waals surface area contributed by atoms with Gasteiger partial charge in [0.15, 0.2) is 0 Å².